The fourth-order valence-corrected chi connectivity index (χ4v) is 5.75. The number of aromatic nitrogens is 3. The van der Waals surface area contributed by atoms with Crippen molar-refractivity contribution in [2.45, 2.75) is 29.6 Å². The number of halogens is 2. The molecule has 1 aromatic heterocycles. The van der Waals surface area contributed by atoms with Crippen molar-refractivity contribution in [1.82, 2.24) is 14.8 Å². The van der Waals surface area contributed by atoms with E-state index in [4.69, 9.17) is 32.7 Å². The Morgan fingerprint density at radius 3 is 2.84 bits per heavy atom. The first-order valence-corrected chi connectivity index (χ1v) is 9.74. The molecule has 1 aromatic carbocycles. The Morgan fingerprint density at radius 1 is 1.36 bits per heavy atom. The van der Waals surface area contributed by atoms with Crippen LogP contribution in [0.15, 0.2) is 30.9 Å². The van der Waals surface area contributed by atoms with Gasteiger partial charge in [-0.05, 0) is 17.9 Å². The summed E-state index contributed by atoms with van der Waals surface area (Å²) in [6.07, 6.45) is 3.72. The van der Waals surface area contributed by atoms with Gasteiger partial charge < -0.3 is 14.6 Å². The van der Waals surface area contributed by atoms with Crippen LogP contribution in [-0.2, 0) is 21.6 Å². The van der Waals surface area contributed by atoms with Crippen molar-refractivity contribution in [1.29, 1.82) is 0 Å². The topological polar surface area (TPSA) is 69.4 Å². The Kier molecular flexibility index (Phi) is 4.72. The molecule has 0 aliphatic carbocycles. The predicted octanol–water partition coefficient (Wildman–Crippen LogP) is 2.72. The number of hydrogen-bond acceptors (Lipinski definition) is 6. The van der Waals surface area contributed by atoms with E-state index in [2.05, 4.69) is 10.1 Å². The summed E-state index contributed by atoms with van der Waals surface area (Å²) in [5.41, 5.74) is -0.784. The molecule has 0 unspecified atom stereocenters. The predicted molar refractivity (Wildman–Crippen MR) is 95.9 cm³/mol. The van der Waals surface area contributed by atoms with E-state index in [1.807, 2.05) is 0 Å². The van der Waals surface area contributed by atoms with Gasteiger partial charge in [0.25, 0.3) is 0 Å². The van der Waals surface area contributed by atoms with Gasteiger partial charge >= 0.3 is 0 Å². The number of hydrogen-bond donors (Lipinski definition) is 1. The van der Waals surface area contributed by atoms with Crippen molar-refractivity contribution in [2.24, 2.45) is 0 Å². The van der Waals surface area contributed by atoms with Crippen LogP contribution in [0.2, 0.25) is 10.0 Å². The van der Waals surface area contributed by atoms with E-state index in [1.165, 1.54) is 6.33 Å². The lowest BCUT2D eigenvalue weighted by molar-refractivity contribution is -0.188. The van der Waals surface area contributed by atoms with Gasteiger partial charge in [0.05, 0.1) is 25.0 Å². The lowest BCUT2D eigenvalue weighted by Gasteiger charge is -2.41. The number of aliphatic hydroxyl groups is 1. The molecule has 2 aliphatic rings. The Morgan fingerprint density at radius 2 is 2.16 bits per heavy atom. The second-order valence-electron chi connectivity index (χ2n) is 6.15. The van der Waals surface area contributed by atoms with Crippen LogP contribution in [0.1, 0.15) is 12.0 Å². The van der Waals surface area contributed by atoms with Gasteiger partial charge in [-0.2, -0.15) is 5.10 Å². The highest BCUT2D eigenvalue weighted by Crippen LogP contribution is 2.51. The summed E-state index contributed by atoms with van der Waals surface area (Å²) in [6, 6.07) is 5.11. The molecule has 4 rings (SSSR count). The van der Waals surface area contributed by atoms with Crippen LogP contribution in [0.5, 0.6) is 0 Å². The summed E-state index contributed by atoms with van der Waals surface area (Å²) >= 11 is 14.1. The van der Waals surface area contributed by atoms with Gasteiger partial charge in [-0.3, -0.25) is 0 Å². The lowest BCUT2D eigenvalue weighted by atomic mass is 9.85. The first-order chi connectivity index (χ1) is 12.0. The highest BCUT2D eigenvalue weighted by atomic mass is 35.5. The number of rotatable bonds is 4. The summed E-state index contributed by atoms with van der Waals surface area (Å²) < 4.78 is 13.5. The number of thioether (sulfide) groups is 1. The maximum absolute atomic E-state index is 11.9. The van der Waals surface area contributed by atoms with Gasteiger partial charge in [0, 0.05) is 22.0 Å². The van der Waals surface area contributed by atoms with Gasteiger partial charge in [0.15, 0.2) is 5.79 Å². The van der Waals surface area contributed by atoms with E-state index in [9.17, 15) is 5.11 Å². The summed E-state index contributed by atoms with van der Waals surface area (Å²) in [7, 11) is 0. The molecule has 6 nitrogen and oxygen atoms in total. The minimum atomic E-state index is -1.36. The van der Waals surface area contributed by atoms with E-state index in [1.54, 1.807) is 41.0 Å². The smallest absolute Gasteiger partial charge is 0.184 e. The fourth-order valence-electron chi connectivity index (χ4n) is 3.56. The van der Waals surface area contributed by atoms with Crippen LogP contribution in [0.4, 0.5) is 0 Å². The third-order valence-electron chi connectivity index (χ3n) is 4.61. The third kappa shape index (κ3) is 3.07. The summed E-state index contributed by atoms with van der Waals surface area (Å²) in [4.78, 5) is 3.97. The third-order valence-corrected chi connectivity index (χ3v) is 6.68. The van der Waals surface area contributed by atoms with Crippen molar-refractivity contribution in [3.05, 3.63) is 46.5 Å². The Labute approximate surface area is 159 Å². The molecule has 25 heavy (non-hydrogen) atoms. The SMILES string of the molecule is O[C@@](Cn1cncn1)(c1ccc(Cl)cc1Cl)[C@@H]1SCCC12OCCO2. The standard InChI is InChI=1S/C16H17Cl2N3O3S/c17-11-1-2-12(13(18)7-11)15(22,8-21-10-19-9-20-21)14-16(3-6-25-14)23-4-5-24-16/h1-2,7,9-10,14,22H,3-6,8H2/t14-,15-/m0/s1. The number of benzene rings is 1. The summed E-state index contributed by atoms with van der Waals surface area (Å²) in [5.74, 6) is 0.0124. The van der Waals surface area contributed by atoms with Gasteiger partial charge in [-0.1, -0.05) is 29.3 Å². The molecule has 0 saturated carbocycles. The van der Waals surface area contributed by atoms with Gasteiger partial charge in [0.1, 0.15) is 18.3 Å². The van der Waals surface area contributed by atoms with E-state index < -0.39 is 11.4 Å². The van der Waals surface area contributed by atoms with E-state index in [0.717, 1.165) is 5.75 Å². The molecule has 0 radical (unpaired) electrons. The van der Waals surface area contributed by atoms with Crippen molar-refractivity contribution in [3.8, 4) is 0 Å². The quantitative estimate of drug-likeness (QED) is 0.848. The van der Waals surface area contributed by atoms with E-state index in [-0.39, 0.29) is 11.8 Å². The van der Waals surface area contributed by atoms with Crippen molar-refractivity contribution in [3.63, 3.8) is 0 Å². The van der Waals surface area contributed by atoms with Gasteiger partial charge in [-0.25, -0.2) is 9.67 Å². The molecule has 2 aromatic rings. The molecule has 1 spiro atoms. The Balaban J connectivity index is 1.80. The van der Waals surface area contributed by atoms with Gasteiger partial charge in [-0.15, -0.1) is 11.8 Å². The first kappa shape index (κ1) is 17.6. The van der Waals surface area contributed by atoms with Crippen LogP contribution in [0, 0.1) is 0 Å². The first-order valence-electron chi connectivity index (χ1n) is 7.93. The molecule has 2 fully saturated rings. The molecular formula is C16H17Cl2N3O3S. The Bertz CT molecular complexity index is 750. The molecule has 0 bridgehead atoms. The van der Waals surface area contributed by atoms with Crippen LogP contribution >= 0.6 is 35.0 Å². The van der Waals surface area contributed by atoms with E-state index >= 15 is 0 Å². The second kappa shape index (κ2) is 6.72. The zero-order chi connectivity index (χ0) is 17.5. The summed E-state index contributed by atoms with van der Waals surface area (Å²) in [5, 5.41) is 16.6. The minimum absolute atomic E-state index is 0.181. The van der Waals surface area contributed by atoms with Crippen molar-refractivity contribution < 1.29 is 14.6 Å². The molecule has 134 valence electrons. The molecule has 0 amide bonds. The van der Waals surface area contributed by atoms with Crippen LogP contribution in [0.25, 0.3) is 0 Å². The number of ether oxygens (including phenoxy) is 2. The largest absolute Gasteiger partial charge is 0.382 e. The van der Waals surface area contributed by atoms with Crippen molar-refractivity contribution in [2.75, 3.05) is 19.0 Å². The normalized spacial score (nSPS) is 24.7. The monoisotopic (exact) mass is 401 g/mol. The average molecular weight is 402 g/mol. The molecule has 2 saturated heterocycles. The van der Waals surface area contributed by atoms with E-state index in [0.29, 0.717) is 35.2 Å². The van der Waals surface area contributed by atoms with Gasteiger partial charge in [0.2, 0.25) is 0 Å². The van der Waals surface area contributed by atoms with Crippen LogP contribution < -0.4 is 0 Å². The zero-order valence-electron chi connectivity index (χ0n) is 13.3. The van der Waals surface area contributed by atoms with Crippen molar-refractivity contribution >= 4 is 35.0 Å². The molecule has 1 N–H and O–H groups in total. The molecular weight excluding hydrogens is 385 g/mol. The highest BCUT2D eigenvalue weighted by molar-refractivity contribution is 8.00. The molecule has 3 heterocycles. The van der Waals surface area contributed by atoms with Crippen LogP contribution in [-0.4, -0.2) is 49.9 Å². The maximum Gasteiger partial charge on any atom is 0.184 e. The second-order valence-corrected chi connectivity index (χ2v) is 8.21. The zero-order valence-corrected chi connectivity index (χ0v) is 15.6. The fraction of sp³-hybridized carbons (Fsp3) is 0.500. The Hall–Kier alpha value is -0.830. The average Bonchev–Trinajstić information content (AvgIpc) is 3.31. The lowest BCUT2D eigenvalue weighted by Crippen LogP contribution is -2.53. The highest BCUT2D eigenvalue weighted by Gasteiger charge is 2.59. The number of nitrogens with zero attached hydrogens (tertiary/aromatic N) is 3. The molecule has 2 atom stereocenters. The summed E-state index contributed by atoms with van der Waals surface area (Å²) in [6.45, 7) is 1.22. The molecule has 2 aliphatic heterocycles. The minimum Gasteiger partial charge on any atom is -0.382 e. The molecule has 9 heteroatoms. The van der Waals surface area contributed by atoms with Crippen LogP contribution in [0.3, 0.4) is 0 Å². The maximum atomic E-state index is 11.9.